The van der Waals surface area contributed by atoms with E-state index in [4.69, 9.17) is 10.2 Å². The van der Waals surface area contributed by atoms with Crippen molar-refractivity contribution in [2.45, 2.75) is 131 Å². The first-order valence-electron chi connectivity index (χ1n) is 21.8. The van der Waals surface area contributed by atoms with Gasteiger partial charge in [-0.05, 0) is 89.1 Å². The molecule has 4 amide bonds. The number of phenols is 6. The molecule has 0 spiro atoms. The summed E-state index contributed by atoms with van der Waals surface area (Å²) in [6.45, 7) is 18.2. The molecule has 20 heteroatoms. The lowest BCUT2D eigenvalue weighted by atomic mass is 9.83. The van der Waals surface area contributed by atoms with Gasteiger partial charge in [0.15, 0.2) is 23.0 Å². The number of aliphatic carboxylic acids is 2. The van der Waals surface area contributed by atoms with Gasteiger partial charge in [0.05, 0.1) is 0 Å². The van der Waals surface area contributed by atoms with Crippen LogP contribution in [0, 0.1) is 13.8 Å². The number of phenolic OH excluding ortho intramolecular Hbond substituents is 6. The van der Waals surface area contributed by atoms with E-state index in [1.807, 2.05) is 0 Å². The van der Waals surface area contributed by atoms with E-state index >= 15 is 0 Å². The highest BCUT2D eigenvalue weighted by molar-refractivity contribution is 6.15. The molecule has 0 aliphatic carbocycles. The number of carbonyl (C=O) groups excluding carboxylic acids is 4. The topological polar surface area (TPSA) is 337 Å². The molecular formula is C48H60N6O14. The highest BCUT2D eigenvalue weighted by atomic mass is 16.4. The first-order chi connectivity index (χ1) is 31.5. The number of rotatable bonds is 17. The van der Waals surface area contributed by atoms with Crippen molar-refractivity contribution < 1.29 is 69.6 Å². The average Bonchev–Trinajstić information content (AvgIpc) is 3.24. The monoisotopic (exact) mass is 944 g/mol. The number of hydrogen-bond acceptors (Lipinski definition) is 14. The Morgan fingerprint density at radius 3 is 1.03 bits per heavy atom. The molecule has 4 aromatic carbocycles. The van der Waals surface area contributed by atoms with E-state index in [0.29, 0.717) is 11.1 Å². The largest absolute Gasteiger partial charge is 0.507 e. The van der Waals surface area contributed by atoms with E-state index in [-0.39, 0.29) is 54.9 Å². The van der Waals surface area contributed by atoms with Gasteiger partial charge in [-0.3, -0.25) is 38.8 Å². The fourth-order valence-electron chi connectivity index (χ4n) is 7.73. The summed E-state index contributed by atoms with van der Waals surface area (Å²) in [6.07, 6.45) is 2.14. The number of carboxylic acid groups (broad SMARTS) is 2. The number of carbonyl (C=O) groups is 6. The van der Waals surface area contributed by atoms with Crippen molar-refractivity contribution in [1.82, 2.24) is 21.3 Å². The lowest BCUT2D eigenvalue weighted by molar-refractivity contribution is -0.142. The quantitative estimate of drug-likeness (QED) is 0.0510. The van der Waals surface area contributed by atoms with Gasteiger partial charge in [0.1, 0.15) is 47.8 Å². The van der Waals surface area contributed by atoms with Crippen molar-refractivity contribution in [2.24, 2.45) is 9.98 Å². The average molecular weight is 945 g/mol. The zero-order valence-corrected chi connectivity index (χ0v) is 39.8. The van der Waals surface area contributed by atoms with Crippen LogP contribution in [0.2, 0.25) is 0 Å². The summed E-state index contributed by atoms with van der Waals surface area (Å²) < 4.78 is 0. The van der Waals surface area contributed by atoms with Crippen LogP contribution in [0.3, 0.4) is 0 Å². The molecular weight excluding hydrogens is 885 g/mol. The molecule has 0 bridgehead atoms. The molecule has 0 aromatic heterocycles. The van der Waals surface area contributed by atoms with Crippen molar-refractivity contribution in [2.75, 3.05) is 0 Å². The number of fused-ring (bicyclic) bond motifs is 2. The van der Waals surface area contributed by atoms with E-state index in [1.165, 1.54) is 41.5 Å². The summed E-state index contributed by atoms with van der Waals surface area (Å²) in [4.78, 5) is 82.3. The summed E-state index contributed by atoms with van der Waals surface area (Å²) in [6, 6.07) is -3.98. The van der Waals surface area contributed by atoms with Gasteiger partial charge in [-0.2, -0.15) is 0 Å². The predicted molar refractivity (Wildman–Crippen MR) is 254 cm³/mol. The van der Waals surface area contributed by atoms with Crippen LogP contribution >= 0.6 is 0 Å². The SMILES string of the molecule is Cc1cc2c(C(C)C)c(O)c(O)c(C=NC(C)C(=O)NC(C)C(=O)NC(C)C(=O)O)c2c(O)c1-c1c(C)cc2c(C(C)C)c(O)c(O)c(C=NC(C)C(=O)NC(C)C(=O)NC(C)C(=O)O)c2c1O. The molecule has 366 valence electrons. The molecule has 6 unspecified atom stereocenters. The molecule has 4 rings (SSSR count). The van der Waals surface area contributed by atoms with Gasteiger partial charge in [0, 0.05) is 56.6 Å². The second kappa shape index (κ2) is 20.9. The van der Waals surface area contributed by atoms with Gasteiger partial charge < -0.3 is 62.1 Å². The van der Waals surface area contributed by atoms with Crippen molar-refractivity contribution >= 4 is 69.5 Å². The van der Waals surface area contributed by atoms with E-state index in [1.54, 1.807) is 53.7 Å². The highest BCUT2D eigenvalue weighted by Crippen LogP contribution is 2.54. The number of amides is 4. The summed E-state index contributed by atoms with van der Waals surface area (Å²) in [5.41, 5.74) is 0.923. The standard InChI is InChI=1S/C48H60N6O14/c1-17(2)31-27-13-19(5)33(39(57)35(27)29(37(55)41(31)59)15-49-21(7)43(61)51-23(9)45(63)53-25(11)47(65)66)34-20(6)14-28-32(18(3)4)42(60)38(56)30(36(28)40(34)58)16-50-22(8)44(62)52-24(10)46(64)54-26(12)48(67)68/h13-18,21-26,55-60H,1-12H3,(H,51,61)(H,52,62)(H,53,63)(H,54,64)(H,65,66)(H,67,68). The second-order valence-corrected chi connectivity index (χ2v) is 17.5. The molecule has 6 atom stereocenters. The number of aryl methyl sites for hydroxylation is 2. The van der Waals surface area contributed by atoms with Crippen LogP contribution in [0.15, 0.2) is 22.1 Å². The summed E-state index contributed by atoms with van der Waals surface area (Å²) in [5, 5.41) is 98.9. The van der Waals surface area contributed by atoms with Gasteiger partial charge in [-0.25, -0.2) is 0 Å². The van der Waals surface area contributed by atoms with Crippen molar-refractivity contribution in [1.29, 1.82) is 0 Å². The molecule has 0 heterocycles. The van der Waals surface area contributed by atoms with E-state index in [0.717, 1.165) is 12.4 Å². The van der Waals surface area contributed by atoms with Gasteiger partial charge in [0.25, 0.3) is 0 Å². The minimum atomic E-state index is -1.28. The van der Waals surface area contributed by atoms with Crippen LogP contribution in [-0.4, -0.2) is 125 Å². The molecule has 0 aliphatic heterocycles. The number of benzene rings is 4. The number of aliphatic imine (C=N–C) groups is 2. The van der Waals surface area contributed by atoms with Crippen molar-refractivity contribution in [3.05, 3.63) is 45.5 Å². The Morgan fingerprint density at radius 2 is 0.750 bits per heavy atom. The van der Waals surface area contributed by atoms with Gasteiger partial charge in [0.2, 0.25) is 23.6 Å². The molecule has 0 saturated carbocycles. The molecule has 68 heavy (non-hydrogen) atoms. The molecule has 20 nitrogen and oxygen atoms in total. The molecule has 4 aromatic rings. The minimum Gasteiger partial charge on any atom is -0.507 e. The second-order valence-electron chi connectivity index (χ2n) is 17.5. The number of nitrogens with zero attached hydrogens (tertiary/aromatic N) is 2. The van der Waals surface area contributed by atoms with E-state index in [2.05, 4.69) is 31.3 Å². The number of hydrogen-bond donors (Lipinski definition) is 12. The summed E-state index contributed by atoms with van der Waals surface area (Å²) in [7, 11) is 0. The normalized spacial score (nSPS) is 14.5. The van der Waals surface area contributed by atoms with Gasteiger partial charge >= 0.3 is 11.9 Å². The number of carboxylic acids is 2. The Hall–Kier alpha value is -7.64. The van der Waals surface area contributed by atoms with Crippen LogP contribution in [-0.2, 0) is 28.8 Å². The summed E-state index contributed by atoms with van der Waals surface area (Å²) in [5.74, 6) is -9.87. The highest BCUT2D eigenvalue weighted by Gasteiger charge is 2.31. The van der Waals surface area contributed by atoms with Crippen LogP contribution in [0.4, 0.5) is 0 Å². The Kier molecular flexibility index (Phi) is 16.3. The number of nitrogens with one attached hydrogen (secondary N) is 4. The van der Waals surface area contributed by atoms with Crippen molar-refractivity contribution in [3.63, 3.8) is 0 Å². The zero-order chi connectivity index (χ0) is 51.5. The van der Waals surface area contributed by atoms with E-state index < -0.39 is 118 Å². The maximum absolute atomic E-state index is 13.2. The predicted octanol–water partition coefficient (Wildman–Crippen LogP) is 4.56. The Morgan fingerprint density at radius 1 is 0.456 bits per heavy atom. The van der Waals surface area contributed by atoms with Crippen LogP contribution in [0.5, 0.6) is 34.5 Å². The Labute approximate surface area is 391 Å². The molecule has 0 radical (unpaired) electrons. The molecule has 0 saturated heterocycles. The maximum Gasteiger partial charge on any atom is 0.325 e. The minimum absolute atomic E-state index is 0.0337. The van der Waals surface area contributed by atoms with E-state index in [9.17, 15) is 59.4 Å². The fourth-order valence-corrected chi connectivity index (χ4v) is 7.73. The van der Waals surface area contributed by atoms with Crippen LogP contribution in [0.25, 0.3) is 32.7 Å². The molecule has 0 fully saturated rings. The van der Waals surface area contributed by atoms with Crippen LogP contribution in [0.1, 0.15) is 114 Å². The lowest BCUT2D eigenvalue weighted by Crippen LogP contribution is -2.50. The third-order valence-electron chi connectivity index (χ3n) is 11.6. The lowest BCUT2D eigenvalue weighted by Gasteiger charge is -2.23. The van der Waals surface area contributed by atoms with Crippen LogP contribution < -0.4 is 21.3 Å². The first-order valence-corrected chi connectivity index (χ1v) is 21.8. The maximum atomic E-state index is 13.2. The smallest absolute Gasteiger partial charge is 0.325 e. The summed E-state index contributed by atoms with van der Waals surface area (Å²) >= 11 is 0. The third-order valence-corrected chi connectivity index (χ3v) is 11.6. The fraction of sp³-hybridized carbons (Fsp3) is 0.417. The third kappa shape index (κ3) is 10.6. The Bertz CT molecular complexity index is 2590. The zero-order valence-electron chi connectivity index (χ0n) is 39.8. The van der Waals surface area contributed by atoms with Crippen molar-refractivity contribution in [3.8, 4) is 45.6 Å². The first kappa shape index (κ1) is 53.0. The van der Waals surface area contributed by atoms with Gasteiger partial charge in [-0.1, -0.05) is 39.8 Å². The Balaban J connectivity index is 1.95. The molecule has 0 aliphatic rings. The number of aromatic hydroxyl groups is 6. The molecule has 12 N–H and O–H groups in total. The van der Waals surface area contributed by atoms with Gasteiger partial charge in [-0.15, -0.1) is 0 Å².